The van der Waals surface area contributed by atoms with Gasteiger partial charge < -0.3 is 0 Å². The summed E-state index contributed by atoms with van der Waals surface area (Å²) in [6.07, 6.45) is 3.48. The van der Waals surface area contributed by atoms with Gasteiger partial charge in [0.15, 0.2) is 0 Å². The number of halogens is 1. The van der Waals surface area contributed by atoms with Crippen LogP contribution in [0.5, 0.6) is 0 Å². The third kappa shape index (κ3) is 3.55. The highest BCUT2D eigenvalue weighted by Gasteiger charge is 2.11. The Morgan fingerprint density at radius 1 is 1.17 bits per heavy atom. The molecule has 0 radical (unpaired) electrons. The number of thiazole rings is 1. The molecule has 0 aliphatic heterocycles. The van der Waals surface area contributed by atoms with Gasteiger partial charge in [-0.15, -0.1) is 29.3 Å². The zero-order valence-electron chi connectivity index (χ0n) is 12.2. The van der Waals surface area contributed by atoms with E-state index in [0.717, 1.165) is 4.88 Å². The summed E-state index contributed by atoms with van der Waals surface area (Å²) in [4.78, 5) is 6.16. The second-order valence-corrected chi connectivity index (χ2v) is 6.40. The highest BCUT2D eigenvalue weighted by Crippen LogP contribution is 2.23. The summed E-state index contributed by atoms with van der Waals surface area (Å²) in [6.45, 7) is 4.17. The SMILES string of the molecule is C=CCN=c1scc(-c2ccccc2F)n1/N=C\c1cccs1. The van der Waals surface area contributed by atoms with Crippen LogP contribution in [-0.4, -0.2) is 17.4 Å². The van der Waals surface area contributed by atoms with Crippen LogP contribution in [-0.2, 0) is 0 Å². The van der Waals surface area contributed by atoms with Gasteiger partial charge in [0.1, 0.15) is 5.82 Å². The fourth-order valence-corrected chi connectivity index (χ4v) is 3.41. The van der Waals surface area contributed by atoms with Crippen molar-refractivity contribution in [3.05, 3.63) is 75.3 Å². The van der Waals surface area contributed by atoms with Gasteiger partial charge in [-0.1, -0.05) is 24.3 Å². The molecule has 0 saturated heterocycles. The minimum absolute atomic E-state index is 0.277. The van der Waals surface area contributed by atoms with Crippen molar-refractivity contribution >= 4 is 28.9 Å². The van der Waals surface area contributed by atoms with Crippen LogP contribution in [0.3, 0.4) is 0 Å². The van der Waals surface area contributed by atoms with Gasteiger partial charge in [-0.2, -0.15) is 5.10 Å². The van der Waals surface area contributed by atoms with E-state index in [-0.39, 0.29) is 5.82 Å². The molecule has 0 unspecified atom stereocenters. The maximum absolute atomic E-state index is 14.1. The number of benzene rings is 1. The molecule has 0 spiro atoms. The zero-order chi connectivity index (χ0) is 16.1. The molecule has 2 aromatic heterocycles. The number of thiophene rings is 1. The Morgan fingerprint density at radius 3 is 2.78 bits per heavy atom. The lowest BCUT2D eigenvalue weighted by Crippen LogP contribution is -2.12. The molecule has 0 N–H and O–H groups in total. The Balaban J connectivity index is 2.12. The first-order valence-corrected chi connectivity index (χ1v) is 8.70. The van der Waals surface area contributed by atoms with Gasteiger partial charge in [0, 0.05) is 15.8 Å². The summed E-state index contributed by atoms with van der Waals surface area (Å²) in [6, 6.07) is 10.6. The largest absolute Gasteiger partial charge is 0.253 e. The first-order chi connectivity index (χ1) is 11.3. The number of aromatic nitrogens is 1. The van der Waals surface area contributed by atoms with Crippen molar-refractivity contribution in [1.82, 2.24) is 4.68 Å². The third-order valence-electron chi connectivity index (χ3n) is 3.03. The standard InChI is InChI=1S/C17H14FN3S2/c1-2-9-19-17-21(20-11-13-6-5-10-22-13)16(12-23-17)14-7-3-4-8-15(14)18/h2-8,10-12H,1,9H2/b19-17?,20-11-. The van der Waals surface area contributed by atoms with Crippen LogP contribution in [0.1, 0.15) is 4.88 Å². The predicted molar refractivity (Wildman–Crippen MR) is 95.6 cm³/mol. The van der Waals surface area contributed by atoms with E-state index in [1.165, 1.54) is 17.4 Å². The van der Waals surface area contributed by atoms with E-state index in [1.807, 2.05) is 29.0 Å². The Morgan fingerprint density at radius 2 is 2.04 bits per heavy atom. The number of hydrogen-bond donors (Lipinski definition) is 0. The van der Waals surface area contributed by atoms with Crippen molar-refractivity contribution in [2.45, 2.75) is 0 Å². The number of rotatable bonds is 5. The van der Waals surface area contributed by atoms with E-state index < -0.39 is 0 Å². The summed E-state index contributed by atoms with van der Waals surface area (Å²) in [7, 11) is 0. The van der Waals surface area contributed by atoms with E-state index in [9.17, 15) is 4.39 Å². The molecule has 2 heterocycles. The number of nitrogens with zero attached hydrogens (tertiary/aromatic N) is 3. The first-order valence-electron chi connectivity index (χ1n) is 6.94. The van der Waals surface area contributed by atoms with Crippen molar-refractivity contribution < 1.29 is 4.39 Å². The van der Waals surface area contributed by atoms with Gasteiger partial charge in [0.25, 0.3) is 0 Å². The van der Waals surface area contributed by atoms with E-state index in [2.05, 4.69) is 16.7 Å². The molecular formula is C17H14FN3S2. The summed E-state index contributed by atoms with van der Waals surface area (Å²) in [5.74, 6) is -0.277. The van der Waals surface area contributed by atoms with Crippen molar-refractivity contribution in [3.8, 4) is 11.3 Å². The molecule has 0 atom stereocenters. The molecule has 0 aliphatic rings. The van der Waals surface area contributed by atoms with Gasteiger partial charge >= 0.3 is 0 Å². The molecule has 6 heteroatoms. The predicted octanol–water partition coefficient (Wildman–Crippen LogP) is 4.39. The Kier molecular flexibility index (Phi) is 4.95. The zero-order valence-corrected chi connectivity index (χ0v) is 13.9. The van der Waals surface area contributed by atoms with Gasteiger partial charge in [0.05, 0.1) is 18.5 Å². The Bertz CT molecular complexity index is 889. The maximum atomic E-state index is 14.1. The van der Waals surface area contributed by atoms with Crippen LogP contribution in [0.25, 0.3) is 11.3 Å². The molecule has 23 heavy (non-hydrogen) atoms. The molecule has 0 fully saturated rings. The molecule has 116 valence electrons. The minimum Gasteiger partial charge on any atom is -0.253 e. The van der Waals surface area contributed by atoms with Crippen LogP contribution >= 0.6 is 22.7 Å². The minimum atomic E-state index is -0.277. The van der Waals surface area contributed by atoms with Crippen LogP contribution in [0.2, 0.25) is 0 Å². The van der Waals surface area contributed by atoms with E-state index in [0.29, 0.717) is 22.6 Å². The van der Waals surface area contributed by atoms with Crippen LogP contribution in [0.4, 0.5) is 4.39 Å². The fraction of sp³-hybridized carbons (Fsp3) is 0.0588. The molecule has 0 saturated carbocycles. The Hall–Kier alpha value is -2.31. The van der Waals surface area contributed by atoms with Crippen molar-refractivity contribution in [2.24, 2.45) is 10.1 Å². The van der Waals surface area contributed by atoms with Crippen LogP contribution in [0.15, 0.2) is 69.9 Å². The molecule has 0 bridgehead atoms. The summed E-state index contributed by atoms with van der Waals surface area (Å²) >= 11 is 3.02. The van der Waals surface area contributed by atoms with E-state index >= 15 is 0 Å². The molecule has 0 amide bonds. The average molecular weight is 343 g/mol. The maximum Gasteiger partial charge on any atom is 0.206 e. The molecule has 3 nitrogen and oxygen atoms in total. The molecular weight excluding hydrogens is 329 g/mol. The van der Waals surface area contributed by atoms with E-state index in [4.69, 9.17) is 0 Å². The first kappa shape index (κ1) is 15.6. The van der Waals surface area contributed by atoms with E-state index in [1.54, 1.807) is 40.4 Å². The van der Waals surface area contributed by atoms with Gasteiger partial charge in [-0.05, 0) is 23.6 Å². The van der Waals surface area contributed by atoms with Crippen LogP contribution < -0.4 is 4.80 Å². The second kappa shape index (κ2) is 7.30. The molecule has 1 aromatic carbocycles. The third-order valence-corrected chi connectivity index (χ3v) is 4.70. The number of hydrogen-bond acceptors (Lipinski definition) is 4. The molecule has 0 aliphatic carbocycles. The van der Waals surface area contributed by atoms with Crippen molar-refractivity contribution in [3.63, 3.8) is 0 Å². The highest BCUT2D eigenvalue weighted by molar-refractivity contribution is 7.11. The topological polar surface area (TPSA) is 29.6 Å². The summed E-state index contributed by atoms with van der Waals surface area (Å²) in [5, 5.41) is 8.35. The smallest absolute Gasteiger partial charge is 0.206 e. The summed E-state index contributed by atoms with van der Waals surface area (Å²) < 4.78 is 15.8. The molecule has 3 aromatic rings. The van der Waals surface area contributed by atoms with Gasteiger partial charge in [0.2, 0.25) is 4.80 Å². The lowest BCUT2D eigenvalue weighted by molar-refractivity contribution is 0.629. The van der Waals surface area contributed by atoms with Crippen molar-refractivity contribution in [1.29, 1.82) is 0 Å². The average Bonchev–Trinajstić information content (AvgIpc) is 3.21. The van der Waals surface area contributed by atoms with Gasteiger partial charge in [-0.3, -0.25) is 4.99 Å². The lowest BCUT2D eigenvalue weighted by atomic mass is 10.1. The fourth-order valence-electron chi connectivity index (χ4n) is 2.00. The quantitative estimate of drug-likeness (QED) is 0.486. The lowest BCUT2D eigenvalue weighted by Gasteiger charge is -2.04. The normalized spacial score (nSPS) is 12.1. The highest BCUT2D eigenvalue weighted by atomic mass is 32.1. The van der Waals surface area contributed by atoms with Crippen molar-refractivity contribution in [2.75, 3.05) is 6.54 Å². The monoisotopic (exact) mass is 343 g/mol. The Labute approximate surface area is 141 Å². The molecule has 3 rings (SSSR count). The summed E-state index contributed by atoms with van der Waals surface area (Å²) in [5.41, 5.74) is 1.19. The van der Waals surface area contributed by atoms with Gasteiger partial charge in [-0.25, -0.2) is 9.07 Å². The second-order valence-electron chi connectivity index (χ2n) is 4.58. The van der Waals surface area contributed by atoms with Crippen LogP contribution in [0, 0.1) is 5.82 Å².